The van der Waals surface area contributed by atoms with Crippen LogP contribution < -0.4 is 5.73 Å². The Balaban J connectivity index is 0.000000138. The molecule has 1 aliphatic carbocycles. The Morgan fingerprint density at radius 1 is 1.06 bits per heavy atom. The maximum atomic E-state index is 10.2. The fourth-order valence-corrected chi connectivity index (χ4v) is 2.08. The first kappa shape index (κ1) is 12.4. The number of furan rings is 1. The highest BCUT2D eigenvalue weighted by Gasteiger charge is 2.05. The first-order valence-electron chi connectivity index (χ1n) is 6.16. The number of rotatable bonds is 1. The number of hydrogen-bond donors (Lipinski definition) is 1. The van der Waals surface area contributed by atoms with Gasteiger partial charge in [0, 0.05) is 0 Å². The lowest BCUT2D eigenvalue weighted by Gasteiger charge is -2.13. The molecule has 1 aromatic carbocycles. The number of benzene rings is 1. The monoisotopic (exact) mass is 243 g/mol. The number of hydrogen-bond acceptors (Lipinski definition) is 2. The van der Waals surface area contributed by atoms with Crippen molar-refractivity contribution in [1.29, 1.82) is 0 Å². The van der Waals surface area contributed by atoms with Crippen molar-refractivity contribution >= 4 is 5.91 Å². The van der Waals surface area contributed by atoms with E-state index in [-0.39, 0.29) is 0 Å². The number of fused-ring (bicyclic) bond motifs is 1. The average Bonchev–Trinajstić information content (AvgIpc) is 2.94. The number of primary amides is 1. The lowest BCUT2D eigenvalue weighted by Crippen LogP contribution is -2.08. The SMILES string of the molecule is NC(=O)c1ccoc1.c1ccc2c(c1)CCCC2. The van der Waals surface area contributed by atoms with E-state index in [9.17, 15) is 4.79 Å². The summed E-state index contributed by atoms with van der Waals surface area (Å²) in [6, 6.07) is 10.3. The molecule has 0 saturated carbocycles. The molecule has 0 spiro atoms. The Hall–Kier alpha value is -2.03. The first-order valence-corrected chi connectivity index (χ1v) is 6.16. The minimum absolute atomic E-state index is 0.407. The summed E-state index contributed by atoms with van der Waals surface area (Å²) in [4.78, 5) is 10.2. The van der Waals surface area contributed by atoms with Crippen molar-refractivity contribution in [3.05, 3.63) is 59.5 Å². The van der Waals surface area contributed by atoms with Gasteiger partial charge in [-0.25, -0.2) is 0 Å². The molecule has 1 amide bonds. The van der Waals surface area contributed by atoms with Crippen molar-refractivity contribution in [3.63, 3.8) is 0 Å². The Labute approximate surface area is 107 Å². The summed E-state index contributed by atoms with van der Waals surface area (Å²) in [5.74, 6) is -0.459. The molecule has 0 unspecified atom stereocenters. The van der Waals surface area contributed by atoms with Crippen LogP contribution in [0.2, 0.25) is 0 Å². The zero-order valence-electron chi connectivity index (χ0n) is 10.3. The number of carbonyl (C=O) groups excluding carboxylic acids is 1. The maximum absolute atomic E-state index is 10.2. The van der Waals surface area contributed by atoms with Gasteiger partial charge in [0.15, 0.2) is 0 Å². The quantitative estimate of drug-likeness (QED) is 0.837. The van der Waals surface area contributed by atoms with Gasteiger partial charge < -0.3 is 10.2 Å². The molecule has 0 saturated heterocycles. The topological polar surface area (TPSA) is 56.2 Å². The van der Waals surface area contributed by atoms with Crippen molar-refractivity contribution in [2.45, 2.75) is 25.7 Å². The Morgan fingerprint density at radius 2 is 1.67 bits per heavy atom. The summed E-state index contributed by atoms with van der Waals surface area (Å²) in [7, 11) is 0. The van der Waals surface area contributed by atoms with Crippen LogP contribution in [0.1, 0.15) is 34.3 Å². The minimum atomic E-state index is -0.459. The standard InChI is InChI=1S/C10H12.C5H5NO2/c1-2-6-10-8-4-3-7-9(10)5-1;6-5(7)4-1-2-8-3-4/h1-2,5-6H,3-4,7-8H2;1-3H,(H2,6,7). The van der Waals surface area contributed by atoms with Gasteiger partial charge in [-0.3, -0.25) is 4.79 Å². The van der Waals surface area contributed by atoms with Crippen molar-refractivity contribution < 1.29 is 9.21 Å². The van der Waals surface area contributed by atoms with Crippen LogP contribution in [-0.4, -0.2) is 5.91 Å². The van der Waals surface area contributed by atoms with Gasteiger partial charge in [0.05, 0.1) is 11.8 Å². The van der Waals surface area contributed by atoms with Crippen LogP contribution in [0.5, 0.6) is 0 Å². The molecule has 0 aliphatic heterocycles. The molecular formula is C15H17NO2. The summed E-state index contributed by atoms with van der Waals surface area (Å²) >= 11 is 0. The van der Waals surface area contributed by atoms with Gasteiger partial charge in [-0.15, -0.1) is 0 Å². The van der Waals surface area contributed by atoms with Crippen LogP contribution in [0.25, 0.3) is 0 Å². The van der Waals surface area contributed by atoms with E-state index in [1.807, 2.05) is 0 Å². The molecule has 0 bridgehead atoms. The molecule has 3 heteroatoms. The van der Waals surface area contributed by atoms with Crippen LogP contribution in [0.3, 0.4) is 0 Å². The summed E-state index contributed by atoms with van der Waals surface area (Å²) in [6.07, 6.45) is 8.09. The summed E-state index contributed by atoms with van der Waals surface area (Å²) in [6.45, 7) is 0. The van der Waals surface area contributed by atoms with Gasteiger partial charge in [-0.1, -0.05) is 24.3 Å². The summed E-state index contributed by atoms with van der Waals surface area (Å²) in [5, 5.41) is 0. The van der Waals surface area contributed by atoms with Crippen LogP contribution in [0, 0.1) is 0 Å². The third-order valence-electron chi connectivity index (χ3n) is 3.07. The number of nitrogens with two attached hydrogens (primary N) is 1. The van der Waals surface area contributed by atoms with E-state index in [4.69, 9.17) is 5.73 Å². The third kappa shape index (κ3) is 3.23. The second-order valence-electron chi connectivity index (χ2n) is 4.35. The normalized spacial score (nSPS) is 13.1. The molecule has 0 fully saturated rings. The van der Waals surface area contributed by atoms with Crippen molar-refractivity contribution in [2.75, 3.05) is 0 Å². The molecular weight excluding hydrogens is 226 g/mol. The average molecular weight is 243 g/mol. The van der Waals surface area contributed by atoms with Crippen molar-refractivity contribution in [3.8, 4) is 0 Å². The molecule has 1 aromatic heterocycles. The molecule has 1 heterocycles. The molecule has 2 N–H and O–H groups in total. The van der Waals surface area contributed by atoms with Crippen molar-refractivity contribution in [2.24, 2.45) is 5.73 Å². The van der Waals surface area contributed by atoms with Gasteiger partial charge in [0.25, 0.3) is 5.91 Å². The van der Waals surface area contributed by atoms with E-state index in [0.717, 1.165) is 0 Å². The molecule has 18 heavy (non-hydrogen) atoms. The fraction of sp³-hybridized carbons (Fsp3) is 0.267. The van der Waals surface area contributed by atoms with E-state index in [2.05, 4.69) is 28.7 Å². The molecule has 3 nitrogen and oxygen atoms in total. The smallest absolute Gasteiger partial charge is 0.251 e. The van der Waals surface area contributed by atoms with E-state index in [1.54, 1.807) is 11.1 Å². The van der Waals surface area contributed by atoms with Gasteiger partial charge >= 0.3 is 0 Å². The van der Waals surface area contributed by atoms with Gasteiger partial charge in [-0.2, -0.15) is 0 Å². The van der Waals surface area contributed by atoms with Gasteiger partial charge in [-0.05, 0) is 42.9 Å². The fourth-order valence-electron chi connectivity index (χ4n) is 2.08. The molecule has 2 aromatic rings. The van der Waals surface area contributed by atoms with E-state index >= 15 is 0 Å². The van der Waals surface area contributed by atoms with Crippen LogP contribution in [-0.2, 0) is 12.8 Å². The lowest BCUT2D eigenvalue weighted by molar-refractivity contribution is 0.0999. The minimum Gasteiger partial charge on any atom is -0.472 e. The van der Waals surface area contributed by atoms with E-state index in [1.165, 1.54) is 44.3 Å². The Bertz CT molecular complexity index is 478. The van der Waals surface area contributed by atoms with Gasteiger partial charge in [0.2, 0.25) is 0 Å². The number of amides is 1. The van der Waals surface area contributed by atoms with Crippen molar-refractivity contribution in [1.82, 2.24) is 0 Å². The Kier molecular flexibility index (Phi) is 4.18. The zero-order chi connectivity index (χ0) is 12.8. The first-order chi connectivity index (χ1) is 8.77. The predicted molar refractivity (Wildman–Crippen MR) is 70.3 cm³/mol. The highest BCUT2D eigenvalue weighted by atomic mass is 16.3. The van der Waals surface area contributed by atoms with Gasteiger partial charge in [0.1, 0.15) is 6.26 Å². The molecule has 0 atom stereocenters. The number of aryl methyl sites for hydroxylation is 2. The highest BCUT2D eigenvalue weighted by molar-refractivity contribution is 5.92. The molecule has 1 aliphatic rings. The van der Waals surface area contributed by atoms with Crippen LogP contribution in [0.15, 0.2) is 47.3 Å². The maximum Gasteiger partial charge on any atom is 0.251 e. The molecule has 3 rings (SSSR count). The molecule has 0 radical (unpaired) electrons. The second-order valence-corrected chi connectivity index (χ2v) is 4.35. The highest BCUT2D eigenvalue weighted by Crippen LogP contribution is 2.19. The second kappa shape index (κ2) is 6.05. The largest absolute Gasteiger partial charge is 0.472 e. The van der Waals surface area contributed by atoms with Crippen LogP contribution in [0.4, 0.5) is 0 Å². The summed E-state index contributed by atoms with van der Waals surface area (Å²) < 4.78 is 4.57. The molecule has 94 valence electrons. The van der Waals surface area contributed by atoms with E-state index < -0.39 is 5.91 Å². The van der Waals surface area contributed by atoms with E-state index in [0.29, 0.717) is 5.56 Å². The number of carbonyl (C=O) groups is 1. The third-order valence-corrected chi connectivity index (χ3v) is 3.07. The predicted octanol–water partition coefficient (Wildman–Crippen LogP) is 2.94. The lowest BCUT2D eigenvalue weighted by atomic mass is 9.92. The zero-order valence-corrected chi connectivity index (χ0v) is 10.3. The van der Waals surface area contributed by atoms with Crippen LogP contribution >= 0.6 is 0 Å². The Morgan fingerprint density at radius 3 is 2.06 bits per heavy atom. The summed E-state index contributed by atoms with van der Waals surface area (Å²) in [5.41, 5.74) is 8.42.